The molecule has 0 N–H and O–H groups in total. The average Bonchev–Trinajstić information content (AvgIpc) is 2.21. The van der Waals surface area contributed by atoms with Crippen LogP contribution in [0.3, 0.4) is 0 Å². The summed E-state index contributed by atoms with van der Waals surface area (Å²) in [6, 6.07) is 0. The van der Waals surface area contributed by atoms with Crippen LogP contribution >= 0.6 is 0 Å². The van der Waals surface area contributed by atoms with Crippen molar-refractivity contribution in [2.75, 3.05) is 13.7 Å². The summed E-state index contributed by atoms with van der Waals surface area (Å²) in [5, 5.41) is 0. The highest BCUT2D eigenvalue weighted by Gasteiger charge is 2.36. The number of likely N-dealkylation sites (N-methyl/N-ethyl adjacent to an activating group) is 1. The minimum atomic E-state index is -1.05. The predicted octanol–water partition coefficient (Wildman–Crippen LogP) is 2.63. The van der Waals surface area contributed by atoms with Gasteiger partial charge in [0, 0.05) is 7.05 Å². The summed E-state index contributed by atoms with van der Waals surface area (Å²) < 4.78 is 10.9. The van der Waals surface area contributed by atoms with Gasteiger partial charge in [0.25, 0.3) is 0 Å². The van der Waals surface area contributed by atoms with Crippen molar-refractivity contribution < 1.29 is 19.1 Å². The lowest BCUT2D eigenvalue weighted by Gasteiger charge is -2.36. The molecule has 0 aliphatic heterocycles. The number of carbonyl (C=O) groups excluding carboxylic acids is 2. The molecule has 5 heteroatoms. The highest BCUT2D eigenvalue weighted by Crippen LogP contribution is 2.19. The van der Waals surface area contributed by atoms with Gasteiger partial charge in [-0.15, -0.1) is 0 Å². The van der Waals surface area contributed by atoms with Gasteiger partial charge in [0.15, 0.2) is 0 Å². The first-order chi connectivity index (χ1) is 8.31. The van der Waals surface area contributed by atoms with Crippen molar-refractivity contribution in [1.82, 2.24) is 4.90 Å². The van der Waals surface area contributed by atoms with Crippen LogP contribution in [-0.2, 0) is 14.3 Å². The Morgan fingerprint density at radius 1 is 1.05 bits per heavy atom. The van der Waals surface area contributed by atoms with E-state index in [2.05, 4.69) is 0 Å². The maximum Gasteiger partial charge on any atom is 0.410 e. The lowest BCUT2D eigenvalue weighted by Crippen LogP contribution is -2.54. The quantitative estimate of drug-likeness (QED) is 0.739. The second-order valence-electron chi connectivity index (χ2n) is 6.92. The van der Waals surface area contributed by atoms with Gasteiger partial charge < -0.3 is 14.3 Å². The van der Waals surface area contributed by atoms with Crippen molar-refractivity contribution in [3.05, 3.63) is 0 Å². The summed E-state index contributed by atoms with van der Waals surface area (Å²) in [6.07, 6.45) is 0.169. The molecular formula is C14H27NO4. The zero-order valence-corrected chi connectivity index (χ0v) is 13.4. The molecule has 5 nitrogen and oxygen atoms in total. The Morgan fingerprint density at radius 3 is 1.84 bits per heavy atom. The van der Waals surface area contributed by atoms with Crippen molar-refractivity contribution >= 4 is 12.4 Å². The summed E-state index contributed by atoms with van der Waals surface area (Å²) in [4.78, 5) is 24.6. The van der Waals surface area contributed by atoms with Crippen LogP contribution in [0.5, 0.6) is 0 Å². The van der Waals surface area contributed by atoms with E-state index in [1.54, 1.807) is 27.7 Å². The molecule has 0 aliphatic carbocycles. The smallest absolute Gasteiger partial charge is 0.410 e. The Bertz CT molecular complexity index is 327. The summed E-state index contributed by atoms with van der Waals surface area (Å²) in [5.41, 5.74) is -2.02. The van der Waals surface area contributed by atoms with Crippen LogP contribution in [0.15, 0.2) is 0 Å². The van der Waals surface area contributed by atoms with E-state index >= 15 is 0 Å². The zero-order valence-electron chi connectivity index (χ0n) is 13.4. The van der Waals surface area contributed by atoms with Crippen molar-refractivity contribution in [3.63, 3.8) is 0 Å². The van der Waals surface area contributed by atoms with Crippen LogP contribution in [0.2, 0.25) is 0 Å². The van der Waals surface area contributed by atoms with Crippen molar-refractivity contribution in [3.8, 4) is 0 Å². The van der Waals surface area contributed by atoms with E-state index in [1.807, 2.05) is 20.8 Å². The van der Waals surface area contributed by atoms with Gasteiger partial charge in [0.05, 0.1) is 12.2 Å². The van der Waals surface area contributed by atoms with Crippen LogP contribution in [0, 0.1) is 0 Å². The standard InChI is InChI=1S/C14H27NO4/c1-12(2,3)18-10-14(7,9-16)15(8)11(17)19-13(4,5)6/h9H,10H2,1-8H3. The molecule has 1 unspecified atom stereocenters. The van der Waals surface area contributed by atoms with Crippen molar-refractivity contribution in [2.24, 2.45) is 0 Å². The number of aldehydes is 1. The number of amides is 1. The molecule has 0 fully saturated rings. The molecule has 0 aromatic rings. The number of carbonyl (C=O) groups is 2. The van der Waals surface area contributed by atoms with E-state index < -0.39 is 17.2 Å². The van der Waals surface area contributed by atoms with Crippen molar-refractivity contribution in [1.29, 1.82) is 0 Å². The van der Waals surface area contributed by atoms with Crippen LogP contribution in [-0.4, -0.2) is 47.7 Å². The molecule has 0 aromatic carbocycles. The second-order valence-corrected chi connectivity index (χ2v) is 6.92. The molecule has 0 radical (unpaired) electrons. The third-order valence-electron chi connectivity index (χ3n) is 2.48. The Balaban J connectivity index is 4.82. The van der Waals surface area contributed by atoms with E-state index in [-0.39, 0.29) is 12.2 Å². The molecule has 0 aliphatic rings. The second kappa shape index (κ2) is 5.90. The molecule has 0 heterocycles. The van der Waals surface area contributed by atoms with E-state index in [0.29, 0.717) is 6.29 Å². The first kappa shape index (κ1) is 17.9. The highest BCUT2D eigenvalue weighted by molar-refractivity contribution is 5.76. The Labute approximate surface area is 116 Å². The average molecular weight is 273 g/mol. The number of ether oxygens (including phenoxy) is 2. The predicted molar refractivity (Wildman–Crippen MR) is 74.2 cm³/mol. The molecular weight excluding hydrogens is 246 g/mol. The fourth-order valence-electron chi connectivity index (χ4n) is 1.11. The first-order valence-electron chi connectivity index (χ1n) is 6.38. The van der Waals surface area contributed by atoms with Gasteiger partial charge in [-0.05, 0) is 48.5 Å². The third kappa shape index (κ3) is 6.57. The van der Waals surface area contributed by atoms with Crippen LogP contribution in [0.25, 0.3) is 0 Å². The minimum Gasteiger partial charge on any atom is -0.444 e. The molecule has 1 amide bonds. The van der Waals surface area contributed by atoms with Crippen LogP contribution in [0.1, 0.15) is 48.5 Å². The topological polar surface area (TPSA) is 55.8 Å². The van der Waals surface area contributed by atoms with Gasteiger partial charge in [-0.2, -0.15) is 0 Å². The minimum absolute atomic E-state index is 0.121. The fourth-order valence-corrected chi connectivity index (χ4v) is 1.11. The maximum atomic E-state index is 12.0. The Morgan fingerprint density at radius 2 is 1.53 bits per heavy atom. The Hall–Kier alpha value is -1.10. The van der Waals surface area contributed by atoms with Crippen LogP contribution in [0.4, 0.5) is 4.79 Å². The maximum absolute atomic E-state index is 12.0. The lowest BCUT2D eigenvalue weighted by molar-refractivity contribution is -0.125. The monoisotopic (exact) mass is 273 g/mol. The number of hydrogen-bond donors (Lipinski definition) is 0. The molecule has 19 heavy (non-hydrogen) atoms. The normalized spacial score (nSPS) is 15.6. The molecule has 0 saturated heterocycles. The lowest BCUT2D eigenvalue weighted by atomic mass is 10.0. The van der Waals surface area contributed by atoms with Gasteiger partial charge >= 0.3 is 6.09 Å². The third-order valence-corrected chi connectivity index (χ3v) is 2.48. The number of rotatable bonds is 4. The van der Waals surface area contributed by atoms with E-state index in [9.17, 15) is 9.59 Å². The molecule has 0 bridgehead atoms. The molecule has 0 rings (SSSR count). The number of nitrogens with zero attached hydrogens (tertiary/aromatic N) is 1. The summed E-state index contributed by atoms with van der Waals surface area (Å²) in [6.45, 7) is 12.8. The van der Waals surface area contributed by atoms with E-state index in [0.717, 1.165) is 0 Å². The number of hydrogen-bond acceptors (Lipinski definition) is 4. The molecule has 112 valence electrons. The van der Waals surface area contributed by atoms with Gasteiger partial charge in [0.2, 0.25) is 0 Å². The van der Waals surface area contributed by atoms with Gasteiger partial charge in [-0.1, -0.05) is 0 Å². The fraction of sp³-hybridized carbons (Fsp3) is 0.857. The molecule has 0 saturated carbocycles. The zero-order chi connectivity index (χ0) is 15.5. The molecule has 0 aromatic heterocycles. The first-order valence-corrected chi connectivity index (χ1v) is 6.38. The van der Waals surface area contributed by atoms with Crippen LogP contribution < -0.4 is 0 Å². The van der Waals surface area contributed by atoms with Crippen molar-refractivity contribution in [2.45, 2.75) is 65.2 Å². The Kier molecular flexibility index (Phi) is 5.56. The highest BCUT2D eigenvalue weighted by atomic mass is 16.6. The molecule has 0 spiro atoms. The SMILES string of the molecule is CN(C(=O)OC(C)(C)C)C(C)(C=O)COC(C)(C)C. The van der Waals surface area contributed by atoms with Gasteiger partial charge in [-0.3, -0.25) is 4.90 Å². The largest absolute Gasteiger partial charge is 0.444 e. The van der Waals surface area contributed by atoms with E-state index in [1.165, 1.54) is 11.9 Å². The molecule has 1 atom stereocenters. The van der Waals surface area contributed by atoms with Gasteiger partial charge in [-0.25, -0.2) is 4.79 Å². The summed E-state index contributed by atoms with van der Waals surface area (Å²) in [5.74, 6) is 0. The summed E-state index contributed by atoms with van der Waals surface area (Å²) in [7, 11) is 1.54. The summed E-state index contributed by atoms with van der Waals surface area (Å²) >= 11 is 0. The van der Waals surface area contributed by atoms with Gasteiger partial charge in [0.1, 0.15) is 17.4 Å². The van der Waals surface area contributed by atoms with E-state index in [4.69, 9.17) is 9.47 Å².